The summed E-state index contributed by atoms with van der Waals surface area (Å²) >= 11 is 5.00. The van der Waals surface area contributed by atoms with Crippen molar-refractivity contribution in [3.8, 4) is 0 Å². The van der Waals surface area contributed by atoms with Gasteiger partial charge in [0.15, 0.2) is 0 Å². The summed E-state index contributed by atoms with van der Waals surface area (Å²) in [5.41, 5.74) is 2.40. The molecule has 2 aliphatic heterocycles. The van der Waals surface area contributed by atoms with Crippen LogP contribution in [0.1, 0.15) is 12.5 Å². The number of anilines is 2. The van der Waals surface area contributed by atoms with Gasteiger partial charge in [0.25, 0.3) is 0 Å². The van der Waals surface area contributed by atoms with Crippen molar-refractivity contribution >= 4 is 34.7 Å². The molecule has 1 saturated carbocycles. The highest BCUT2D eigenvalue weighted by molar-refractivity contribution is 7.80. The van der Waals surface area contributed by atoms with Crippen molar-refractivity contribution in [2.75, 3.05) is 36.0 Å². The molecule has 2 unspecified atom stereocenters. The maximum Gasteiger partial charge on any atom is 0.414 e. The number of nitrogens with one attached hydrogen (secondary N) is 2. The van der Waals surface area contributed by atoms with Crippen molar-refractivity contribution in [3.63, 3.8) is 0 Å². The Morgan fingerprint density at radius 3 is 2.59 bits per heavy atom. The molecule has 0 spiro atoms. The van der Waals surface area contributed by atoms with E-state index < -0.39 is 6.09 Å². The maximum atomic E-state index is 15.0. The number of ether oxygens (including phenoxy) is 1. The van der Waals surface area contributed by atoms with Crippen LogP contribution in [-0.4, -0.2) is 49.4 Å². The van der Waals surface area contributed by atoms with Gasteiger partial charge in [0.1, 0.15) is 11.9 Å². The highest BCUT2D eigenvalue weighted by Gasteiger charge is 2.55. The Labute approximate surface area is 192 Å². The van der Waals surface area contributed by atoms with Crippen molar-refractivity contribution in [3.05, 3.63) is 59.9 Å². The zero-order valence-electron chi connectivity index (χ0n) is 18.0. The van der Waals surface area contributed by atoms with E-state index in [0.29, 0.717) is 47.3 Å². The number of hydrogen-bond donors (Lipinski definition) is 2. The summed E-state index contributed by atoms with van der Waals surface area (Å²) in [5, 5.41) is 6.65. The Hall–Kier alpha value is -2.71. The van der Waals surface area contributed by atoms with Crippen LogP contribution in [0.25, 0.3) is 0 Å². The molecule has 168 valence electrons. The van der Waals surface area contributed by atoms with Gasteiger partial charge in [-0.1, -0.05) is 42.5 Å². The van der Waals surface area contributed by atoms with E-state index in [1.165, 1.54) is 16.5 Å². The van der Waals surface area contributed by atoms with Gasteiger partial charge in [-0.15, -0.1) is 0 Å². The molecule has 2 aromatic rings. The standard InChI is InChI=1S/C24H27FN4O2S/c1-15(32)26-11-18-12-29(24(30)31-18)17-7-8-22(21(25)9-17)28-13-19-20(14-28)23(19)27-10-16-5-3-2-4-6-16/h2-9,18-20,23,27H,10-14H2,1H3,(H,26,32)/t18-,19?,20?,23?/m0/s1. The molecule has 32 heavy (non-hydrogen) atoms. The second-order valence-corrected chi connectivity index (χ2v) is 9.43. The van der Waals surface area contributed by atoms with Crippen LogP contribution in [0.15, 0.2) is 48.5 Å². The highest BCUT2D eigenvalue weighted by atomic mass is 32.1. The minimum absolute atomic E-state index is 0.304. The van der Waals surface area contributed by atoms with E-state index in [1.807, 2.05) is 6.07 Å². The Kier molecular flexibility index (Phi) is 5.73. The van der Waals surface area contributed by atoms with Gasteiger partial charge < -0.3 is 20.3 Å². The number of hydrogen-bond acceptors (Lipinski definition) is 5. The van der Waals surface area contributed by atoms with Gasteiger partial charge in [-0.25, -0.2) is 9.18 Å². The lowest BCUT2D eigenvalue weighted by atomic mass is 10.2. The highest BCUT2D eigenvalue weighted by Crippen LogP contribution is 2.47. The average molecular weight is 455 g/mol. The number of piperidine rings is 1. The van der Waals surface area contributed by atoms with Crippen LogP contribution in [0.2, 0.25) is 0 Å². The number of halogens is 1. The number of carbonyl (C=O) groups is 1. The van der Waals surface area contributed by atoms with Crippen molar-refractivity contribution in [2.45, 2.75) is 25.6 Å². The molecule has 1 aliphatic carbocycles. The summed E-state index contributed by atoms with van der Waals surface area (Å²) < 4.78 is 20.3. The molecule has 3 atom stereocenters. The zero-order valence-corrected chi connectivity index (χ0v) is 18.8. The fraction of sp³-hybridized carbons (Fsp3) is 0.417. The first-order valence-corrected chi connectivity index (χ1v) is 11.4. The monoisotopic (exact) mass is 454 g/mol. The molecular weight excluding hydrogens is 427 g/mol. The smallest absolute Gasteiger partial charge is 0.414 e. The van der Waals surface area contributed by atoms with Gasteiger partial charge in [-0.2, -0.15) is 0 Å². The molecule has 0 aromatic heterocycles. The molecule has 0 radical (unpaired) electrons. The summed E-state index contributed by atoms with van der Waals surface area (Å²) in [6.45, 7) is 5.17. The molecule has 2 heterocycles. The van der Waals surface area contributed by atoms with E-state index in [0.717, 1.165) is 19.6 Å². The predicted octanol–water partition coefficient (Wildman–Crippen LogP) is 3.31. The van der Waals surface area contributed by atoms with E-state index in [9.17, 15) is 9.18 Å². The quantitative estimate of drug-likeness (QED) is 0.626. The minimum Gasteiger partial charge on any atom is -0.442 e. The lowest BCUT2D eigenvalue weighted by Crippen LogP contribution is -2.33. The van der Waals surface area contributed by atoms with Gasteiger partial charge in [0.05, 0.1) is 29.5 Å². The molecule has 3 fully saturated rings. The lowest BCUT2D eigenvalue weighted by Gasteiger charge is -2.24. The second kappa shape index (κ2) is 8.67. The number of carbonyl (C=O) groups excluding carboxylic acids is 1. The third kappa shape index (κ3) is 4.29. The van der Waals surface area contributed by atoms with E-state index in [1.54, 1.807) is 19.1 Å². The van der Waals surface area contributed by atoms with Gasteiger partial charge in [-0.3, -0.25) is 4.90 Å². The fourth-order valence-corrected chi connectivity index (χ4v) is 4.96. The van der Waals surface area contributed by atoms with E-state index in [-0.39, 0.29) is 11.9 Å². The van der Waals surface area contributed by atoms with Crippen LogP contribution < -0.4 is 20.4 Å². The minimum atomic E-state index is -0.458. The summed E-state index contributed by atoms with van der Waals surface area (Å²) in [6, 6.07) is 15.9. The molecule has 2 N–H and O–H groups in total. The molecule has 0 bridgehead atoms. The largest absolute Gasteiger partial charge is 0.442 e. The SMILES string of the molecule is CC(=S)NC[C@H]1CN(c2ccc(N3CC4C(C3)C4NCc3ccccc3)c(F)c2)C(=O)O1. The van der Waals surface area contributed by atoms with Crippen LogP contribution in [-0.2, 0) is 11.3 Å². The normalized spacial score (nSPS) is 26.1. The van der Waals surface area contributed by atoms with Crippen LogP contribution in [0.5, 0.6) is 0 Å². The third-order valence-electron chi connectivity index (χ3n) is 6.62. The van der Waals surface area contributed by atoms with Gasteiger partial charge in [0, 0.05) is 25.7 Å². The summed E-state index contributed by atoms with van der Waals surface area (Å²) in [7, 11) is 0. The van der Waals surface area contributed by atoms with Crippen molar-refractivity contribution in [1.82, 2.24) is 10.6 Å². The number of amides is 1. The molecular formula is C24H27FN4O2S. The Bertz CT molecular complexity index is 1010. The zero-order chi connectivity index (χ0) is 22.2. The van der Waals surface area contributed by atoms with Crippen molar-refractivity contribution < 1.29 is 13.9 Å². The van der Waals surface area contributed by atoms with Crippen LogP contribution in [0, 0.1) is 17.7 Å². The average Bonchev–Trinajstić information content (AvgIpc) is 3.09. The Morgan fingerprint density at radius 2 is 1.91 bits per heavy atom. The van der Waals surface area contributed by atoms with Gasteiger partial charge >= 0.3 is 6.09 Å². The molecule has 6 nitrogen and oxygen atoms in total. The maximum absolute atomic E-state index is 15.0. The number of rotatable bonds is 7. The molecule has 2 saturated heterocycles. The van der Waals surface area contributed by atoms with Crippen LogP contribution in [0.3, 0.4) is 0 Å². The van der Waals surface area contributed by atoms with E-state index in [4.69, 9.17) is 17.0 Å². The van der Waals surface area contributed by atoms with Gasteiger partial charge in [-0.05, 0) is 42.5 Å². The van der Waals surface area contributed by atoms with Crippen LogP contribution in [0.4, 0.5) is 20.6 Å². The molecule has 3 aliphatic rings. The Balaban J connectivity index is 1.16. The first kappa shape index (κ1) is 21.2. The number of thiocarbonyl (C=S) groups is 1. The molecule has 8 heteroatoms. The first-order valence-electron chi connectivity index (χ1n) is 11.0. The molecule has 5 rings (SSSR count). The summed E-state index contributed by atoms with van der Waals surface area (Å²) in [5.74, 6) is 0.815. The molecule has 2 aromatic carbocycles. The topological polar surface area (TPSA) is 56.8 Å². The Morgan fingerprint density at radius 1 is 1.16 bits per heavy atom. The van der Waals surface area contributed by atoms with Crippen molar-refractivity contribution in [2.24, 2.45) is 11.8 Å². The van der Waals surface area contributed by atoms with Crippen molar-refractivity contribution in [1.29, 1.82) is 0 Å². The van der Waals surface area contributed by atoms with E-state index >= 15 is 0 Å². The van der Waals surface area contributed by atoms with E-state index in [2.05, 4.69) is 39.8 Å². The predicted molar refractivity (Wildman–Crippen MR) is 127 cm³/mol. The molecule has 1 amide bonds. The van der Waals surface area contributed by atoms with Gasteiger partial charge in [0.2, 0.25) is 0 Å². The number of cyclic esters (lactones) is 1. The first-order chi connectivity index (χ1) is 15.5. The summed E-state index contributed by atoms with van der Waals surface area (Å²) in [4.78, 5) is 16.5. The third-order valence-corrected chi connectivity index (χ3v) is 6.76. The second-order valence-electron chi connectivity index (χ2n) is 8.81. The number of benzene rings is 2. The summed E-state index contributed by atoms with van der Waals surface area (Å²) in [6.07, 6.45) is -0.769. The lowest BCUT2D eigenvalue weighted by molar-refractivity contribution is 0.143. The number of fused-ring (bicyclic) bond motifs is 1. The number of nitrogens with zero attached hydrogens (tertiary/aromatic N) is 2. The van der Waals surface area contributed by atoms with Crippen LogP contribution >= 0.6 is 12.2 Å². The fourth-order valence-electron chi connectivity index (χ4n) is 4.87.